The van der Waals surface area contributed by atoms with Gasteiger partial charge in [-0.2, -0.15) is 0 Å². The van der Waals surface area contributed by atoms with Gasteiger partial charge in [-0.15, -0.1) is 0 Å². The molecule has 2 heteroatoms. The maximum atomic E-state index is 10.2. The summed E-state index contributed by atoms with van der Waals surface area (Å²) in [6.07, 6.45) is 0. The zero-order chi connectivity index (χ0) is 18.9. The highest BCUT2D eigenvalue weighted by atomic mass is 16.3. The first-order chi connectivity index (χ1) is 12.2. The number of aromatic hydroxyl groups is 2. The fourth-order valence-corrected chi connectivity index (χ4v) is 3.62. The van der Waals surface area contributed by atoms with Crippen molar-refractivity contribution in [3.8, 4) is 11.5 Å². The van der Waals surface area contributed by atoms with E-state index in [-0.39, 0.29) is 10.8 Å². The van der Waals surface area contributed by atoms with Crippen LogP contribution in [-0.4, -0.2) is 10.2 Å². The highest BCUT2D eigenvalue weighted by Gasteiger charge is 2.29. The quantitative estimate of drug-likeness (QED) is 0.631. The maximum Gasteiger partial charge on any atom is 0.119 e. The molecule has 0 radical (unpaired) electrons. The molecule has 0 saturated carbocycles. The first-order valence-corrected chi connectivity index (χ1v) is 8.92. The van der Waals surface area contributed by atoms with E-state index in [1.54, 1.807) is 12.1 Å². The summed E-state index contributed by atoms with van der Waals surface area (Å²) in [5.41, 5.74) is 3.48. The van der Waals surface area contributed by atoms with Gasteiger partial charge in [-0.05, 0) is 23.3 Å². The monoisotopic (exact) mass is 346 g/mol. The van der Waals surface area contributed by atoms with Crippen molar-refractivity contribution in [1.82, 2.24) is 0 Å². The van der Waals surface area contributed by atoms with Gasteiger partial charge in [-0.25, -0.2) is 0 Å². The smallest absolute Gasteiger partial charge is 0.119 e. The lowest BCUT2D eigenvalue weighted by Gasteiger charge is -2.30. The Bertz CT molecular complexity index is 829. The van der Waals surface area contributed by atoms with Crippen molar-refractivity contribution in [3.05, 3.63) is 95.1 Å². The first-order valence-electron chi connectivity index (χ1n) is 8.92. The van der Waals surface area contributed by atoms with Gasteiger partial charge in [-0.1, -0.05) is 88.4 Å². The van der Waals surface area contributed by atoms with Crippen LogP contribution in [0, 0.1) is 0 Å². The van der Waals surface area contributed by atoms with Gasteiger partial charge in [0.05, 0.1) is 0 Å². The van der Waals surface area contributed by atoms with E-state index >= 15 is 0 Å². The molecule has 0 atom stereocenters. The molecular weight excluding hydrogens is 320 g/mol. The van der Waals surface area contributed by atoms with Crippen molar-refractivity contribution >= 4 is 0 Å². The second-order valence-electron chi connectivity index (χ2n) is 7.86. The largest absolute Gasteiger partial charge is 0.508 e. The lowest BCUT2D eigenvalue weighted by molar-refractivity contribution is 0.451. The van der Waals surface area contributed by atoms with Crippen LogP contribution < -0.4 is 0 Å². The van der Waals surface area contributed by atoms with E-state index in [4.69, 9.17) is 0 Å². The van der Waals surface area contributed by atoms with E-state index in [1.165, 1.54) is 0 Å². The maximum absolute atomic E-state index is 10.2. The highest BCUT2D eigenvalue weighted by molar-refractivity contribution is 5.49. The molecule has 0 aliphatic heterocycles. The fourth-order valence-electron chi connectivity index (χ4n) is 3.62. The molecule has 0 aromatic heterocycles. The van der Waals surface area contributed by atoms with Crippen LogP contribution in [0.1, 0.15) is 49.9 Å². The summed E-state index contributed by atoms with van der Waals surface area (Å²) in [6, 6.07) is 23.4. The average molecular weight is 346 g/mol. The average Bonchev–Trinajstić information content (AvgIpc) is 2.62. The Balaban J connectivity index is 1.99. The number of phenolic OH excluding ortho intramolecular Hbond substituents is 2. The summed E-state index contributed by atoms with van der Waals surface area (Å²) in [7, 11) is 0. The minimum atomic E-state index is -0.303. The molecule has 0 aliphatic carbocycles. The van der Waals surface area contributed by atoms with Gasteiger partial charge in [0.1, 0.15) is 11.5 Å². The summed E-state index contributed by atoms with van der Waals surface area (Å²) in [4.78, 5) is 0. The van der Waals surface area contributed by atoms with E-state index in [0.717, 1.165) is 22.3 Å². The molecule has 3 rings (SSSR count). The van der Waals surface area contributed by atoms with Crippen LogP contribution in [0.15, 0.2) is 72.8 Å². The Labute approximate surface area is 155 Å². The molecule has 0 unspecified atom stereocenters. The molecule has 0 fully saturated rings. The third-order valence-corrected chi connectivity index (χ3v) is 5.48. The molecule has 3 aromatic carbocycles. The van der Waals surface area contributed by atoms with Crippen molar-refractivity contribution in [3.63, 3.8) is 0 Å². The van der Waals surface area contributed by atoms with Gasteiger partial charge < -0.3 is 10.2 Å². The Hall–Kier alpha value is -2.74. The molecule has 0 bridgehead atoms. The Morgan fingerprint density at radius 1 is 0.500 bits per heavy atom. The Morgan fingerprint density at radius 2 is 0.808 bits per heavy atom. The van der Waals surface area contributed by atoms with Crippen LogP contribution in [0.2, 0.25) is 0 Å². The van der Waals surface area contributed by atoms with Crippen LogP contribution in [-0.2, 0) is 10.8 Å². The molecule has 0 heterocycles. The molecule has 2 nitrogen and oxygen atoms in total. The molecule has 0 saturated heterocycles. The van der Waals surface area contributed by atoms with E-state index in [1.807, 2.05) is 36.4 Å². The van der Waals surface area contributed by atoms with Crippen LogP contribution in [0.5, 0.6) is 11.5 Å². The number of hydrogen-bond acceptors (Lipinski definition) is 2. The summed E-state index contributed by atoms with van der Waals surface area (Å²) in [5, 5.41) is 20.5. The zero-order valence-corrected chi connectivity index (χ0v) is 15.8. The minimum Gasteiger partial charge on any atom is -0.508 e. The van der Waals surface area contributed by atoms with E-state index in [0.29, 0.717) is 11.5 Å². The van der Waals surface area contributed by atoms with Crippen molar-refractivity contribution in [2.75, 3.05) is 0 Å². The number of phenols is 2. The van der Waals surface area contributed by atoms with Crippen LogP contribution >= 0.6 is 0 Å². The summed E-state index contributed by atoms with van der Waals surface area (Å²) >= 11 is 0. The molecule has 0 spiro atoms. The van der Waals surface area contributed by atoms with Gasteiger partial charge in [0, 0.05) is 22.0 Å². The second-order valence-corrected chi connectivity index (χ2v) is 7.86. The summed E-state index contributed by atoms with van der Waals surface area (Å²) in [5.74, 6) is 0.632. The predicted molar refractivity (Wildman–Crippen MR) is 107 cm³/mol. The van der Waals surface area contributed by atoms with Crippen molar-refractivity contribution in [2.45, 2.75) is 38.5 Å². The third kappa shape index (κ3) is 3.08. The van der Waals surface area contributed by atoms with Gasteiger partial charge in [-0.3, -0.25) is 0 Å². The zero-order valence-electron chi connectivity index (χ0n) is 15.8. The highest BCUT2D eigenvalue weighted by Crippen LogP contribution is 2.40. The molecule has 0 amide bonds. The van der Waals surface area contributed by atoms with Crippen molar-refractivity contribution in [2.24, 2.45) is 0 Å². The number of para-hydroxylation sites is 2. The predicted octanol–water partition coefficient (Wildman–Crippen LogP) is 5.75. The van der Waals surface area contributed by atoms with Gasteiger partial charge in [0.25, 0.3) is 0 Å². The van der Waals surface area contributed by atoms with Crippen molar-refractivity contribution in [1.29, 1.82) is 0 Å². The number of rotatable bonds is 4. The van der Waals surface area contributed by atoms with Crippen LogP contribution in [0.3, 0.4) is 0 Å². The lowest BCUT2D eigenvalue weighted by atomic mass is 9.74. The second kappa shape index (κ2) is 6.53. The number of benzene rings is 3. The van der Waals surface area contributed by atoms with Gasteiger partial charge in [0.2, 0.25) is 0 Å². The van der Waals surface area contributed by atoms with Crippen LogP contribution in [0.25, 0.3) is 0 Å². The first kappa shape index (κ1) is 18.1. The van der Waals surface area contributed by atoms with E-state index < -0.39 is 0 Å². The standard InChI is InChI=1S/C24H26O2/c1-23(2,19-9-5-7-11-21(19)25)17-13-15-18(16-14-17)24(3,4)20-10-6-8-12-22(20)26/h5-16,25-26H,1-4H3. The fraction of sp³-hybridized carbons (Fsp3) is 0.250. The molecule has 2 N–H and O–H groups in total. The Kier molecular flexibility index (Phi) is 4.53. The lowest BCUT2D eigenvalue weighted by Crippen LogP contribution is -2.21. The van der Waals surface area contributed by atoms with Crippen molar-refractivity contribution < 1.29 is 10.2 Å². The third-order valence-electron chi connectivity index (χ3n) is 5.48. The molecule has 134 valence electrons. The van der Waals surface area contributed by atoms with Gasteiger partial charge in [0.15, 0.2) is 0 Å². The summed E-state index contributed by atoms with van der Waals surface area (Å²) < 4.78 is 0. The molecule has 26 heavy (non-hydrogen) atoms. The van der Waals surface area contributed by atoms with E-state index in [2.05, 4.69) is 52.0 Å². The Morgan fingerprint density at radius 3 is 1.12 bits per heavy atom. The molecular formula is C24H26O2. The topological polar surface area (TPSA) is 40.5 Å². The number of hydrogen-bond donors (Lipinski definition) is 2. The van der Waals surface area contributed by atoms with Gasteiger partial charge >= 0.3 is 0 Å². The minimum absolute atomic E-state index is 0.303. The van der Waals surface area contributed by atoms with Crippen LogP contribution in [0.4, 0.5) is 0 Å². The molecule has 0 aliphatic rings. The molecule has 3 aromatic rings. The SMILES string of the molecule is CC(C)(c1ccc(C(C)(C)c2ccccc2O)cc1)c1ccccc1O. The van der Waals surface area contributed by atoms with E-state index in [9.17, 15) is 10.2 Å². The summed E-state index contributed by atoms with van der Waals surface area (Å²) in [6.45, 7) is 8.47. The normalized spacial score (nSPS) is 12.2.